The number of carbonyl (C=O) groups is 1. The van der Waals surface area contributed by atoms with E-state index in [1.165, 1.54) is 6.92 Å². The standard InChI is InChI=1S/C14H17BrF3NO/c1-9(2)19(8-14(16,17)18)10(3)13(20)11-4-6-12(15)7-5-11/h4-7,9-10H,8H2,1-3H3. The van der Waals surface area contributed by atoms with Crippen LogP contribution in [-0.2, 0) is 0 Å². The zero-order valence-electron chi connectivity index (χ0n) is 11.5. The Kier molecular flexibility index (Phi) is 5.77. The Hall–Kier alpha value is -0.880. The number of rotatable bonds is 5. The molecule has 0 bridgehead atoms. The van der Waals surface area contributed by atoms with Gasteiger partial charge in [-0.05, 0) is 32.9 Å². The molecule has 1 aromatic carbocycles. The van der Waals surface area contributed by atoms with Crippen molar-refractivity contribution < 1.29 is 18.0 Å². The van der Waals surface area contributed by atoms with Gasteiger partial charge in [-0.15, -0.1) is 0 Å². The first kappa shape index (κ1) is 17.2. The van der Waals surface area contributed by atoms with Crippen LogP contribution in [0, 0.1) is 0 Å². The van der Waals surface area contributed by atoms with Gasteiger partial charge in [0.15, 0.2) is 5.78 Å². The molecule has 0 aliphatic carbocycles. The van der Waals surface area contributed by atoms with Crippen LogP contribution < -0.4 is 0 Å². The molecule has 1 unspecified atom stereocenters. The number of carbonyl (C=O) groups excluding carboxylic acids is 1. The molecule has 0 aliphatic heterocycles. The summed E-state index contributed by atoms with van der Waals surface area (Å²) in [7, 11) is 0. The summed E-state index contributed by atoms with van der Waals surface area (Å²) in [5, 5.41) is 0. The summed E-state index contributed by atoms with van der Waals surface area (Å²) >= 11 is 3.25. The molecule has 6 heteroatoms. The minimum absolute atomic E-state index is 0.310. The van der Waals surface area contributed by atoms with Gasteiger partial charge in [0.05, 0.1) is 12.6 Å². The fourth-order valence-corrected chi connectivity index (χ4v) is 2.24. The summed E-state index contributed by atoms with van der Waals surface area (Å²) < 4.78 is 38.6. The molecule has 0 N–H and O–H groups in total. The lowest BCUT2D eigenvalue weighted by atomic mass is 10.0. The normalized spacial score (nSPS) is 13.8. The number of halogens is 4. The second-order valence-electron chi connectivity index (χ2n) is 4.93. The number of ketones is 1. The summed E-state index contributed by atoms with van der Waals surface area (Å²) in [6.07, 6.45) is -4.32. The van der Waals surface area contributed by atoms with Crippen molar-refractivity contribution in [3.05, 3.63) is 34.3 Å². The summed E-state index contributed by atoms with van der Waals surface area (Å²) in [5.74, 6) is -0.310. The monoisotopic (exact) mass is 351 g/mol. The zero-order chi connectivity index (χ0) is 15.5. The fourth-order valence-electron chi connectivity index (χ4n) is 1.98. The number of Topliss-reactive ketones (excluding diaryl/α,β-unsaturated/α-hetero) is 1. The van der Waals surface area contributed by atoms with E-state index in [0.717, 1.165) is 9.37 Å². The Morgan fingerprint density at radius 2 is 1.70 bits per heavy atom. The van der Waals surface area contributed by atoms with Crippen molar-refractivity contribution in [2.24, 2.45) is 0 Å². The average molecular weight is 352 g/mol. The molecule has 0 spiro atoms. The van der Waals surface area contributed by atoms with Gasteiger partial charge in [-0.3, -0.25) is 9.69 Å². The van der Waals surface area contributed by atoms with Crippen LogP contribution in [0.2, 0.25) is 0 Å². The highest BCUT2D eigenvalue weighted by Crippen LogP contribution is 2.22. The lowest BCUT2D eigenvalue weighted by molar-refractivity contribution is -0.152. The molecular formula is C14H17BrF3NO. The maximum atomic E-state index is 12.6. The molecule has 0 saturated heterocycles. The Bertz CT molecular complexity index is 456. The molecule has 2 nitrogen and oxygen atoms in total. The van der Waals surface area contributed by atoms with Crippen LogP contribution in [0.1, 0.15) is 31.1 Å². The lowest BCUT2D eigenvalue weighted by Crippen LogP contribution is -2.48. The van der Waals surface area contributed by atoms with Crippen LogP contribution in [-0.4, -0.2) is 35.5 Å². The number of hydrogen-bond acceptors (Lipinski definition) is 2. The van der Waals surface area contributed by atoms with Crippen LogP contribution in [0.25, 0.3) is 0 Å². The van der Waals surface area contributed by atoms with Crippen LogP contribution in [0.5, 0.6) is 0 Å². The third kappa shape index (κ3) is 4.90. The van der Waals surface area contributed by atoms with E-state index in [1.807, 2.05) is 0 Å². The van der Waals surface area contributed by atoms with Crippen molar-refractivity contribution in [1.82, 2.24) is 4.90 Å². The van der Waals surface area contributed by atoms with Gasteiger partial charge in [0, 0.05) is 16.1 Å². The molecule has 0 heterocycles. The molecule has 0 radical (unpaired) electrons. The summed E-state index contributed by atoms with van der Waals surface area (Å²) in [6, 6.07) is 5.42. The Balaban J connectivity index is 2.91. The predicted octanol–water partition coefficient (Wildman–Crippen LogP) is 4.29. The zero-order valence-corrected chi connectivity index (χ0v) is 13.1. The number of alkyl halides is 3. The van der Waals surface area contributed by atoms with E-state index in [9.17, 15) is 18.0 Å². The Morgan fingerprint density at radius 3 is 2.10 bits per heavy atom. The number of benzene rings is 1. The SMILES string of the molecule is CC(C)N(CC(F)(F)F)C(C)C(=O)c1ccc(Br)cc1. The quantitative estimate of drug-likeness (QED) is 0.737. The lowest BCUT2D eigenvalue weighted by Gasteiger charge is -2.32. The van der Waals surface area contributed by atoms with Crippen molar-refractivity contribution in [2.45, 2.75) is 39.0 Å². The molecule has 0 aliphatic rings. The first-order valence-corrected chi connectivity index (χ1v) is 7.03. The highest BCUT2D eigenvalue weighted by Gasteiger charge is 2.36. The van der Waals surface area contributed by atoms with Crippen molar-refractivity contribution in [3.8, 4) is 0 Å². The molecule has 1 aromatic rings. The van der Waals surface area contributed by atoms with Gasteiger partial charge >= 0.3 is 6.18 Å². The van der Waals surface area contributed by atoms with Gasteiger partial charge in [-0.2, -0.15) is 13.2 Å². The van der Waals surface area contributed by atoms with E-state index >= 15 is 0 Å². The first-order chi connectivity index (χ1) is 9.11. The minimum Gasteiger partial charge on any atom is -0.292 e. The van der Waals surface area contributed by atoms with E-state index in [4.69, 9.17) is 0 Å². The van der Waals surface area contributed by atoms with E-state index in [1.54, 1.807) is 38.1 Å². The third-order valence-electron chi connectivity index (χ3n) is 3.03. The second kappa shape index (κ2) is 6.72. The molecule has 0 aromatic heterocycles. The average Bonchev–Trinajstić information content (AvgIpc) is 2.34. The van der Waals surface area contributed by atoms with Crippen molar-refractivity contribution >= 4 is 21.7 Å². The van der Waals surface area contributed by atoms with Crippen LogP contribution >= 0.6 is 15.9 Å². The maximum Gasteiger partial charge on any atom is 0.401 e. The Labute approximate surface area is 125 Å². The fraction of sp³-hybridized carbons (Fsp3) is 0.500. The van der Waals surface area contributed by atoms with E-state index in [0.29, 0.717) is 5.56 Å². The third-order valence-corrected chi connectivity index (χ3v) is 3.56. The van der Waals surface area contributed by atoms with Gasteiger partial charge < -0.3 is 0 Å². The summed E-state index contributed by atoms with van der Waals surface area (Å²) in [6.45, 7) is 3.72. The van der Waals surface area contributed by atoms with Crippen molar-refractivity contribution in [3.63, 3.8) is 0 Å². The molecule has 0 amide bonds. The number of nitrogens with zero attached hydrogens (tertiary/aromatic N) is 1. The predicted molar refractivity (Wildman–Crippen MR) is 75.8 cm³/mol. The van der Waals surface area contributed by atoms with E-state index in [2.05, 4.69) is 15.9 Å². The topological polar surface area (TPSA) is 20.3 Å². The Morgan fingerprint density at radius 1 is 1.20 bits per heavy atom. The van der Waals surface area contributed by atoms with Gasteiger partial charge in [-0.25, -0.2) is 0 Å². The minimum atomic E-state index is -4.32. The van der Waals surface area contributed by atoms with Gasteiger partial charge in [0.25, 0.3) is 0 Å². The van der Waals surface area contributed by atoms with E-state index in [-0.39, 0.29) is 11.8 Å². The van der Waals surface area contributed by atoms with Crippen LogP contribution in [0.15, 0.2) is 28.7 Å². The molecule has 112 valence electrons. The van der Waals surface area contributed by atoms with Crippen LogP contribution in [0.4, 0.5) is 13.2 Å². The molecule has 0 saturated carbocycles. The van der Waals surface area contributed by atoms with Crippen molar-refractivity contribution in [1.29, 1.82) is 0 Å². The molecule has 20 heavy (non-hydrogen) atoms. The smallest absolute Gasteiger partial charge is 0.292 e. The van der Waals surface area contributed by atoms with Gasteiger partial charge in [-0.1, -0.05) is 28.1 Å². The first-order valence-electron chi connectivity index (χ1n) is 6.24. The maximum absolute atomic E-state index is 12.6. The molecule has 0 fully saturated rings. The second-order valence-corrected chi connectivity index (χ2v) is 5.84. The van der Waals surface area contributed by atoms with Crippen molar-refractivity contribution in [2.75, 3.05) is 6.54 Å². The van der Waals surface area contributed by atoms with Gasteiger partial charge in [0.2, 0.25) is 0 Å². The molecular weight excluding hydrogens is 335 g/mol. The molecule has 1 rings (SSSR count). The van der Waals surface area contributed by atoms with Crippen LogP contribution in [0.3, 0.4) is 0 Å². The largest absolute Gasteiger partial charge is 0.401 e. The number of hydrogen-bond donors (Lipinski definition) is 0. The summed E-state index contributed by atoms with van der Waals surface area (Å²) in [5.41, 5.74) is 0.411. The van der Waals surface area contributed by atoms with Gasteiger partial charge in [0.1, 0.15) is 0 Å². The highest BCUT2D eigenvalue weighted by atomic mass is 79.9. The highest BCUT2D eigenvalue weighted by molar-refractivity contribution is 9.10. The molecule has 1 atom stereocenters. The van der Waals surface area contributed by atoms with E-state index < -0.39 is 18.8 Å². The summed E-state index contributed by atoms with van der Waals surface area (Å²) in [4.78, 5) is 13.4.